The summed E-state index contributed by atoms with van der Waals surface area (Å²) in [4.78, 5) is 4.60. The van der Waals surface area contributed by atoms with Crippen LogP contribution in [0.1, 0.15) is 24.7 Å². The highest BCUT2D eigenvalue weighted by Crippen LogP contribution is 2.20. The van der Waals surface area contributed by atoms with Gasteiger partial charge in [-0.25, -0.2) is 4.99 Å². The minimum atomic E-state index is -1.08. The Morgan fingerprint density at radius 1 is 1.46 bits per heavy atom. The minimum absolute atomic E-state index is 0. The molecule has 3 N–H and O–H groups in total. The maximum Gasteiger partial charge on any atom is 0.191 e. The molecule has 2 aromatic rings. The summed E-state index contributed by atoms with van der Waals surface area (Å²) in [5.41, 5.74) is -0.340. The van der Waals surface area contributed by atoms with Gasteiger partial charge in [0.05, 0.1) is 25.6 Å². The number of furan rings is 1. The smallest absolute Gasteiger partial charge is 0.191 e. The zero-order valence-electron chi connectivity index (χ0n) is 16.4. The summed E-state index contributed by atoms with van der Waals surface area (Å²) in [6.07, 6.45) is 6.97. The highest BCUT2D eigenvalue weighted by Gasteiger charge is 2.25. The molecule has 0 amide bonds. The fourth-order valence-corrected chi connectivity index (χ4v) is 2.94. The first-order valence-electron chi connectivity index (χ1n) is 9.37. The van der Waals surface area contributed by atoms with Crippen LogP contribution < -0.4 is 10.6 Å². The van der Waals surface area contributed by atoms with E-state index >= 15 is 0 Å². The van der Waals surface area contributed by atoms with E-state index < -0.39 is 5.60 Å². The topological polar surface area (TPSA) is 96.8 Å². The number of aromatic nitrogens is 2. The van der Waals surface area contributed by atoms with Gasteiger partial charge in [-0.1, -0.05) is 0 Å². The van der Waals surface area contributed by atoms with Crippen molar-refractivity contribution in [3.8, 4) is 0 Å². The fourth-order valence-electron chi connectivity index (χ4n) is 2.94. The van der Waals surface area contributed by atoms with Crippen LogP contribution in [0.15, 0.2) is 40.2 Å². The van der Waals surface area contributed by atoms with Crippen LogP contribution in [0.4, 0.5) is 0 Å². The number of nitrogens with one attached hydrogen (secondary N) is 2. The normalized spacial score (nSPS) is 19.1. The van der Waals surface area contributed by atoms with E-state index in [1.807, 2.05) is 25.4 Å². The van der Waals surface area contributed by atoms with E-state index in [2.05, 4.69) is 20.7 Å². The Hall–Kier alpha value is -1.59. The Morgan fingerprint density at radius 2 is 2.32 bits per heavy atom. The molecule has 0 aliphatic carbocycles. The molecule has 28 heavy (non-hydrogen) atoms. The van der Waals surface area contributed by atoms with Crippen molar-refractivity contribution in [3.63, 3.8) is 0 Å². The zero-order chi connectivity index (χ0) is 19.1. The Kier molecular flexibility index (Phi) is 8.77. The second-order valence-electron chi connectivity index (χ2n) is 7.21. The molecule has 0 aromatic carbocycles. The van der Waals surface area contributed by atoms with Gasteiger partial charge in [0.25, 0.3) is 0 Å². The summed E-state index contributed by atoms with van der Waals surface area (Å²) in [5, 5.41) is 21.6. The van der Waals surface area contributed by atoms with Crippen LogP contribution in [0, 0.1) is 5.92 Å². The van der Waals surface area contributed by atoms with E-state index in [1.54, 1.807) is 24.1 Å². The molecule has 3 heterocycles. The minimum Gasteiger partial charge on any atom is -0.469 e. The van der Waals surface area contributed by atoms with Gasteiger partial charge in [-0.05, 0) is 25.5 Å². The number of guanidine groups is 1. The first kappa shape index (κ1) is 22.7. The predicted octanol–water partition coefficient (Wildman–Crippen LogP) is 1.65. The van der Waals surface area contributed by atoms with Crippen molar-refractivity contribution in [1.29, 1.82) is 0 Å². The molecule has 1 aliphatic heterocycles. The molecular formula is C19H30IN5O3. The third-order valence-corrected chi connectivity index (χ3v) is 4.70. The number of aryl methyl sites for hydroxylation is 1. The molecule has 156 valence electrons. The van der Waals surface area contributed by atoms with Crippen molar-refractivity contribution in [3.05, 3.63) is 42.1 Å². The third-order valence-electron chi connectivity index (χ3n) is 4.70. The van der Waals surface area contributed by atoms with E-state index in [1.165, 1.54) is 0 Å². The van der Waals surface area contributed by atoms with Crippen LogP contribution in [0.5, 0.6) is 0 Å². The molecule has 1 saturated heterocycles. The second kappa shape index (κ2) is 10.8. The summed E-state index contributed by atoms with van der Waals surface area (Å²) < 4.78 is 12.5. The van der Waals surface area contributed by atoms with Crippen molar-refractivity contribution in [2.45, 2.75) is 25.4 Å². The lowest BCUT2D eigenvalue weighted by Gasteiger charge is -2.21. The SMILES string of the molecule is Cn1cc(C(C)(O)CN=C(NCCc2ccco2)NCC2CCOC2)cn1.I. The van der Waals surface area contributed by atoms with Crippen molar-refractivity contribution >= 4 is 29.9 Å². The summed E-state index contributed by atoms with van der Waals surface area (Å²) in [7, 11) is 1.83. The molecule has 9 heteroatoms. The molecule has 1 aliphatic rings. The largest absolute Gasteiger partial charge is 0.469 e. The van der Waals surface area contributed by atoms with Crippen molar-refractivity contribution in [1.82, 2.24) is 20.4 Å². The third kappa shape index (κ3) is 6.78. The van der Waals surface area contributed by atoms with Crippen molar-refractivity contribution < 1.29 is 14.3 Å². The van der Waals surface area contributed by atoms with E-state index in [-0.39, 0.29) is 30.5 Å². The fraction of sp³-hybridized carbons (Fsp3) is 0.579. The van der Waals surface area contributed by atoms with Crippen LogP contribution in [0.25, 0.3) is 0 Å². The van der Waals surface area contributed by atoms with E-state index in [4.69, 9.17) is 9.15 Å². The van der Waals surface area contributed by atoms with Gasteiger partial charge in [0.15, 0.2) is 5.96 Å². The summed E-state index contributed by atoms with van der Waals surface area (Å²) in [5.74, 6) is 2.09. The molecule has 3 rings (SSSR count). The second-order valence-corrected chi connectivity index (χ2v) is 7.21. The summed E-state index contributed by atoms with van der Waals surface area (Å²) >= 11 is 0. The van der Waals surface area contributed by atoms with Gasteiger partial charge in [0, 0.05) is 50.8 Å². The van der Waals surface area contributed by atoms with E-state index in [0.29, 0.717) is 18.4 Å². The number of ether oxygens (including phenoxy) is 1. The quantitative estimate of drug-likeness (QED) is 0.288. The lowest BCUT2D eigenvalue weighted by molar-refractivity contribution is 0.0671. The average molecular weight is 503 g/mol. The van der Waals surface area contributed by atoms with Crippen molar-refractivity contribution in [2.75, 3.05) is 32.8 Å². The predicted molar refractivity (Wildman–Crippen MR) is 118 cm³/mol. The van der Waals surface area contributed by atoms with Crippen LogP contribution in [0.3, 0.4) is 0 Å². The van der Waals surface area contributed by atoms with Gasteiger partial charge in [-0.15, -0.1) is 24.0 Å². The Balaban J connectivity index is 0.00000280. The lowest BCUT2D eigenvalue weighted by atomic mass is 10.0. The number of hydrogen-bond donors (Lipinski definition) is 3. The standard InChI is InChI=1S/C19H29N5O3.HI/c1-19(25,16-11-23-24(2)12-16)14-22-18(21-10-15-6-9-26-13-15)20-7-5-17-4-3-8-27-17;/h3-4,8,11-12,15,25H,5-7,9-10,13-14H2,1-2H3,(H2,20,21,22);1H. The molecule has 1 fully saturated rings. The number of rotatable bonds is 8. The first-order chi connectivity index (χ1) is 13.0. The van der Waals surface area contributed by atoms with Gasteiger partial charge in [0.1, 0.15) is 11.4 Å². The maximum atomic E-state index is 10.8. The van der Waals surface area contributed by atoms with Crippen LogP contribution in [-0.4, -0.2) is 53.7 Å². The molecular weight excluding hydrogens is 473 g/mol. The molecule has 0 radical (unpaired) electrons. The molecule has 2 atom stereocenters. The van der Waals surface area contributed by atoms with Gasteiger partial charge in [-0.2, -0.15) is 5.10 Å². The molecule has 8 nitrogen and oxygen atoms in total. The van der Waals surface area contributed by atoms with Crippen LogP contribution >= 0.6 is 24.0 Å². The zero-order valence-corrected chi connectivity index (χ0v) is 18.8. The maximum absolute atomic E-state index is 10.8. The Labute approximate surface area is 182 Å². The van der Waals surface area contributed by atoms with Gasteiger partial charge in [0.2, 0.25) is 0 Å². The van der Waals surface area contributed by atoms with Crippen LogP contribution in [0.2, 0.25) is 0 Å². The van der Waals surface area contributed by atoms with Crippen molar-refractivity contribution in [2.24, 2.45) is 18.0 Å². The Bertz CT molecular complexity index is 724. The van der Waals surface area contributed by atoms with Gasteiger partial charge in [-0.3, -0.25) is 4.68 Å². The first-order valence-corrected chi connectivity index (χ1v) is 9.37. The molecule has 2 unspecified atom stereocenters. The van der Waals surface area contributed by atoms with Gasteiger partial charge >= 0.3 is 0 Å². The highest BCUT2D eigenvalue weighted by molar-refractivity contribution is 14.0. The van der Waals surface area contributed by atoms with Crippen LogP contribution in [-0.2, 0) is 23.8 Å². The molecule has 0 spiro atoms. The monoisotopic (exact) mass is 503 g/mol. The number of hydrogen-bond acceptors (Lipinski definition) is 5. The summed E-state index contributed by atoms with van der Waals surface area (Å²) in [6.45, 7) is 5.06. The molecule has 2 aromatic heterocycles. The van der Waals surface area contributed by atoms with E-state index in [9.17, 15) is 5.11 Å². The number of nitrogens with zero attached hydrogens (tertiary/aromatic N) is 3. The molecule has 0 bridgehead atoms. The highest BCUT2D eigenvalue weighted by atomic mass is 127. The number of aliphatic imine (C=N–C) groups is 1. The van der Waals surface area contributed by atoms with E-state index in [0.717, 1.165) is 43.9 Å². The Morgan fingerprint density at radius 3 is 2.96 bits per heavy atom. The average Bonchev–Trinajstić information content (AvgIpc) is 3.39. The number of aliphatic hydroxyl groups is 1. The summed E-state index contributed by atoms with van der Waals surface area (Å²) in [6, 6.07) is 3.84. The van der Waals surface area contributed by atoms with Gasteiger partial charge < -0.3 is 24.9 Å². The number of halogens is 1. The molecule has 0 saturated carbocycles. The lowest BCUT2D eigenvalue weighted by Crippen LogP contribution is -2.42.